The number of hydrogen-bond acceptors (Lipinski definition) is 5. The molecule has 2 heterocycles. The highest BCUT2D eigenvalue weighted by Crippen LogP contribution is 2.28. The van der Waals surface area contributed by atoms with Crippen molar-refractivity contribution in [2.75, 3.05) is 24.6 Å². The van der Waals surface area contributed by atoms with Crippen LogP contribution in [0.5, 0.6) is 0 Å². The van der Waals surface area contributed by atoms with Crippen LogP contribution in [0.4, 0.5) is 5.13 Å². The average molecular weight is 242 g/mol. The van der Waals surface area contributed by atoms with Gasteiger partial charge >= 0.3 is 0 Å². The summed E-state index contributed by atoms with van der Waals surface area (Å²) in [6.45, 7) is 7.67. The minimum Gasteiger partial charge on any atom is -0.394 e. The molecule has 0 saturated carbocycles. The van der Waals surface area contributed by atoms with Gasteiger partial charge in [-0.1, -0.05) is 0 Å². The van der Waals surface area contributed by atoms with Crippen molar-refractivity contribution < 1.29 is 9.84 Å². The van der Waals surface area contributed by atoms with E-state index in [0.29, 0.717) is 6.54 Å². The molecule has 1 aliphatic rings. The number of anilines is 1. The third-order valence-electron chi connectivity index (χ3n) is 2.56. The van der Waals surface area contributed by atoms with Gasteiger partial charge in [-0.15, -0.1) is 11.3 Å². The Kier molecular flexibility index (Phi) is 3.19. The first-order valence-corrected chi connectivity index (χ1v) is 6.34. The molecule has 1 atom stereocenters. The normalized spacial score (nSPS) is 24.8. The summed E-state index contributed by atoms with van der Waals surface area (Å²) >= 11 is 1.65. The Bertz CT molecular complexity index is 365. The fourth-order valence-electron chi connectivity index (χ4n) is 2.02. The second-order valence-corrected chi connectivity index (χ2v) is 5.67. The fourth-order valence-corrected chi connectivity index (χ4v) is 2.84. The molecule has 0 amide bonds. The molecule has 1 N–H and O–H groups in total. The lowest BCUT2D eigenvalue weighted by molar-refractivity contribution is -0.101. The van der Waals surface area contributed by atoms with Gasteiger partial charge in [0.05, 0.1) is 24.0 Å². The van der Waals surface area contributed by atoms with Gasteiger partial charge in [-0.25, -0.2) is 4.98 Å². The molecule has 0 bridgehead atoms. The van der Waals surface area contributed by atoms with E-state index < -0.39 is 0 Å². The summed E-state index contributed by atoms with van der Waals surface area (Å²) in [6.07, 6.45) is -0.118. The van der Waals surface area contributed by atoms with Gasteiger partial charge in [-0.05, 0) is 20.8 Å². The van der Waals surface area contributed by atoms with E-state index >= 15 is 0 Å². The SMILES string of the molecule is Cc1csc(N2CC(CO)OC(C)(C)C2)n1. The number of nitrogens with zero attached hydrogens (tertiary/aromatic N) is 2. The Balaban J connectivity index is 2.15. The van der Waals surface area contributed by atoms with Gasteiger partial charge in [0, 0.05) is 18.5 Å². The Hall–Kier alpha value is -0.650. The van der Waals surface area contributed by atoms with Gasteiger partial charge in [0.15, 0.2) is 5.13 Å². The largest absolute Gasteiger partial charge is 0.394 e. The first kappa shape index (κ1) is 11.8. The van der Waals surface area contributed by atoms with Crippen molar-refractivity contribution in [2.24, 2.45) is 0 Å². The Morgan fingerprint density at radius 3 is 3.00 bits per heavy atom. The second kappa shape index (κ2) is 4.31. The van der Waals surface area contributed by atoms with Crippen LogP contribution >= 0.6 is 11.3 Å². The van der Waals surface area contributed by atoms with Crippen LogP contribution < -0.4 is 4.90 Å². The molecule has 1 aromatic rings. The summed E-state index contributed by atoms with van der Waals surface area (Å²) in [5, 5.41) is 12.3. The van der Waals surface area contributed by atoms with Crippen LogP contribution in [-0.2, 0) is 4.74 Å². The number of aryl methyl sites for hydroxylation is 1. The minimum atomic E-state index is -0.231. The van der Waals surface area contributed by atoms with E-state index in [4.69, 9.17) is 4.74 Å². The van der Waals surface area contributed by atoms with E-state index in [1.165, 1.54) is 0 Å². The molecule has 1 unspecified atom stereocenters. The Morgan fingerprint density at radius 2 is 2.44 bits per heavy atom. The predicted molar refractivity (Wildman–Crippen MR) is 65.1 cm³/mol. The van der Waals surface area contributed by atoms with Crippen LogP contribution in [-0.4, -0.2) is 41.5 Å². The van der Waals surface area contributed by atoms with E-state index in [0.717, 1.165) is 17.4 Å². The number of aromatic nitrogens is 1. The molecule has 1 saturated heterocycles. The smallest absolute Gasteiger partial charge is 0.185 e. The van der Waals surface area contributed by atoms with Crippen molar-refractivity contribution in [3.63, 3.8) is 0 Å². The highest BCUT2D eigenvalue weighted by Gasteiger charge is 2.34. The molecule has 5 heteroatoms. The summed E-state index contributed by atoms with van der Waals surface area (Å²) in [4.78, 5) is 6.67. The molecule has 0 spiro atoms. The lowest BCUT2D eigenvalue weighted by Crippen LogP contribution is -2.54. The maximum atomic E-state index is 9.22. The molecule has 1 aromatic heterocycles. The number of hydrogen-bond donors (Lipinski definition) is 1. The molecule has 2 rings (SSSR count). The lowest BCUT2D eigenvalue weighted by Gasteiger charge is -2.42. The van der Waals surface area contributed by atoms with Crippen molar-refractivity contribution in [2.45, 2.75) is 32.5 Å². The van der Waals surface area contributed by atoms with Crippen molar-refractivity contribution >= 4 is 16.5 Å². The van der Waals surface area contributed by atoms with Gasteiger partial charge in [0.1, 0.15) is 0 Å². The average Bonchev–Trinajstić information content (AvgIpc) is 2.62. The number of thiazole rings is 1. The molecular formula is C11H18N2O2S. The minimum absolute atomic E-state index is 0.0598. The molecular weight excluding hydrogens is 224 g/mol. The summed E-state index contributed by atoms with van der Waals surface area (Å²) in [5.74, 6) is 0. The van der Waals surface area contributed by atoms with Gasteiger partial charge in [0.25, 0.3) is 0 Å². The third-order valence-corrected chi connectivity index (χ3v) is 3.58. The van der Waals surface area contributed by atoms with Crippen molar-refractivity contribution in [1.29, 1.82) is 0 Å². The van der Waals surface area contributed by atoms with Crippen LogP contribution in [0.3, 0.4) is 0 Å². The maximum absolute atomic E-state index is 9.22. The number of aliphatic hydroxyl groups excluding tert-OH is 1. The van der Waals surface area contributed by atoms with Crippen LogP contribution in [0.2, 0.25) is 0 Å². The Morgan fingerprint density at radius 1 is 1.69 bits per heavy atom. The van der Waals surface area contributed by atoms with Crippen LogP contribution in [0.15, 0.2) is 5.38 Å². The topological polar surface area (TPSA) is 45.6 Å². The molecule has 1 fully saturated rings. The van der Waals surface area contributed by atoms with Crippen LogP contribution in [0, 0.1) is 6.92 Å². The number of morpholine rings is 1. The molecule has 1 aliphatic heterocycles. The van der Waals surface area contributed by atoms with Crippen LogP contribution in [0.25, 0.3) is 0 Å². The first-order chi connectivity index (χ1) is 7.50. The maximum Gasteiger partial charge on any atom is 0.185 e. The third kappa shape index (κ3) is 2.53. The zero-order chi connectivity index (χ0) is 11.8. The first-order valence-electron chi connectivity index (χ1n) is 5.46. The number of rotatable bonds is 2. The summed E-state index contributed by atoms with van der Waals surface area (Å²) in [5.41, 5.74) is 0.815. The lowest BCUT2D eigenvalue weighted by atomic mass is 10.1. The van der Waals surface area contributed by atoms with E-state index in [1.54, 1.807) is 11.3 Å². The Labute approximate surface area is 99.9 Å². The second-order valence-electron chi connectivity index (χ2n) is 4.83. The standard InChI is InChI=1S/C11H18N2O2S/c1-8-6-16-10(12-8)13-4-9(5-14)15-11(2,3)7-13/h6,9,14H,4-5,7H2,1-3H3. The van der Waals surface area contributed by atoms with E-state index in [-0.39, 0.29) is 18.3 Å². The van der Waals surface area contributed by atoms with Gasteiger partial charge in [-0.2, -0.15) is 0 Å². The van der Waals surface area contributed by atoms with Gasteiger partial charge in [-0.3, -0.25) is 0 Å². The number of ether oxygens (including phenoxy) is 1. The quantitative estimate of drug-likeness (QED) is 0.852. The molecule has 90 valence electrons. The highest BCUT2D eigenvalue weighted by atomic mass is 32.1. The predicted octanol–water partition coefficient (Wildman–Crippen LogP) is 1.43. The molecule has 4 nitrogen and oxygen atoms in total. The van der Waals surface area contributed by atoms with E-state index in [9.17, 15) is 5.11 Å². The number of aliphatic hydroxyl groups is 1. The van der Waals surface area contributed by atoms with E-state index in [1.807, 2.05) is 26.2 Å². The summed E-state index contributed by atoms with van der Waals surface area (Å²) in [7, 11) is 0. The summed E-state index contributed by atoms with van der Waals surface area (Å²) < 4.78 is 5.77. The molecule has 0 aromatic carbocycles. The summed E-state index contributed by atoms with van der Waals surface area (Å²) in [6, 6.07) is 0. The molecule has 0 aliphatic carbocycles. The van der Waals surface area contributed by atoms with E-state index in [2.05, 4.69) is 9.88 Å². The monoisotopic (exact) mass is 242 g/mol. The molecule has 0 radical (unpaired) electrons. The van der Waals surface area contributed by atoms with Crippen molar-refractivity contribution in [3.05, 3.63) is 11.1 Å². The fraction of sp³-hybridized carbons (Fsp3) is 0.727. The van der Waals surface area contributed by atoms with Crippen molar-refractivity contribution in [1.82, 2.24) is 4.98 Å². The highest BCUT2D eigenvalue weighted by molar-refractivity contribution is 7.13. The van der Waals surface area contributed by atoms with Gasteiger partial charge < -0.3 is 14.7 Å². The zero-order valence-electron chi connectivity index (χ0n) is 9.93. The van der Waals surface area contributed by atoms with Crippen molar-refractivity contribution in [3.8, 4) is 0 Å². The van der Waals surface area contributed by atoms with Gasteiger partial charge in [0.2, 0.25) is 0 Å². The van der Waals surface area contributed by atoms with Crippen LogP contribution in [0.1, 0.15) is 19.5 Å². The zero-order valence-corrected chi connectivity index (χ0v) is 10.8. The molecule has 16 heavy (non-hydrogen) atoms.